The Bertz CT molecular complexity index is 1630. The molecule has 1 fully saturated rings. The van der Waals surface area contributed by atoms with E-state index in [-0.39, 0.29) is 44.8 Å². The summed E-state index contributed by atoms with van der Waals surface area (Å²) in [5, 5.41) is 2.64. The molecule has 40 heavy (non-hydrogen) atoms. The standard InChI is InChI=1S/C27H22BrClN2O7S2/c1-3-37-23-13-18(14-24-26(33)31(27(34)39-24)15-17-5-4-6-19(29)11-17)12-22(28)25(23)38-40(35,36)21-9-7-20(8-10-21)30-16(2)32/h4-14H,3,15H2,1-2H3,(H,30,32)/b24-14-. The zero-order valence-electron chi connectivity index (χ0n) is 21.1. The Kier molecular flexibility index (Phi) is 9.24. The first kappa shape index (κ1) is 29.7. The van der Waals surface area contributed by atoms with Crippen LogP contribution < -0.4 is 14.2 Å². The van der Waals surface area contributed by atoms with Crippen LogP contribution in [0.2, 0.25) is 5.02 Å². The van der Waals surface area contributed by atoms with Gasteiger partial charge in [-0.2, -0.15) is 8.42 Å². The molecule has 3 aromatic carbocycles. The summed E-state index contributed by atoms with van der Waals surface area (Å²) in [6, 6.07) is 15.5. The number of rotatable bonds is 9. The van der Waals surface area contributed by atoms with Gasteiger partial charge in [-0.15, -0.1) is 0 Å². The van der Waals surface area contributed by atoms with Crippen molar-refractivity contribution in [2.45, 2.75) is 25.3 Å². The van der Waals surface area contributed by atoms with Crippen molar-refractivity contribution in [1.29, 1.82) is 0 Å². The molecular formula is C27H22BrClN2O7S2. The number of ether oxygens (including phenoxy) is 1. The maximum atomic E-state index is 13.0. The fourth-order valence-corrected chi connectivity index (χ4v) is 6.34. The molecule has 0 bridgehead atoms. The third-order valence-corrected chi connectivity index (χ3v) is 8.36. The summed E-state index contributed by atoms with van der Waals surface area (Å²) in [4.78, 5) is 38.0. The van der Waals surface area contributed by atoms with Gasteiger partial charge in [0.1, 0.15) is 4.90 Å². The third kappa shape index (κ3) is 7.05. The van der Waals surface area contributed by atoms with Crippen LogP contribution in [0.1, 0.15) is 25.0 Å². The van der Waals surface area contributed by atoms with E-state index in [2.05, 4.69) is 21.2 Å². The van der Waals surface area contributed by atoms with Gasteiger partial charge in [0.25, 0.3) is 11.1 Å². The summed E-state index contributed by atoms with van der Waals surface area (Å²) in [6.07, 6.45) is 1.52. The highest BCUT2D eigenvalue weighted by Crippen LogP contribution is 2.41. The third-order valence-electron chi connectivity index (χ3n) is 5.39. The molecule has 3 aromatic rings. The fraction of sp³-hybridized carbons (Fsp3) is 0.148. The zero-order valence-corrected chi connectivity index (χ0v) is 25.1. The Balaban J connectivity index is 1.59. The van der Waals surface area contributed by atoms with Crippen molar-refractivity contribution in [1.82, 2.24) is 4.90 Å². The molecule has 13 heteroatoms. The van der Waals surface area contributed by atoms with E-state index < -0.39 is 21.3 Å². The molecule has 0 radical (unpaired) electrons. The first-order valence-corrected chi connectivity index (χ1v) is 15.1. The lowest BCUT2D eigenvalue weighted by Crippen LogP contribution is -2.27. The molecule has 0 unspecified atom stereocenters. The van der Waals surface area contributed by atoms with Gasteiger partial charge in [-0.25, -0.2) is 0 Å². The Morgan fingerprint density at radius 2 is 1.85 bits per heavy atom. The molecule has 0 spiro atoms. The van der Waals surface area contributed by atoms with E-state index in [1.165, 1.54) is 43.3 Å². The van der Waals surface area contributed by atoms with Crippen LogP contribution >= 0.6 is 39.3 Å². The van der Waals surface area contributed by atoms with E-state index in [1.807, 2.05) is 0 Å². The minimum atomic E-state index is -4.27. The van der Waals surface area contributed by atoms with Crippen LogP contribution in [0.15, 0.2) is 74.9 Å². The van der Waals surface area contributed by atoms with Crippen molar-refractivity contribution < 1.29 is 31.7 Å². The van der Waals surface area contributed by atoms with E-state index in [0.29, 0.717) is 21.8 Å². The minimum Gasteiger partial charge on any atom is -0.490 e. The molecule has 4 rings (SSSR count). The minimum absolute atomic E-state index is 0.0763. The van der Waals surface area contributed by atoms with Crippen molar-refractivity contribution >= 4 is 78.2 Å². The second-order valence-electron chi connectivity index (χ2n) is 8.40. The zero-order chi connectivity index (χ0) is 29.0. The lowest BCUT2D eigenvalue weighted by Gasteiger charge is -2.15. The molecular weight excluding hydrogens is 644 g/mol. The lowest BCUT2D eigenvalue weighted by atomic mass is 10.1. The Labute approximate surface area is 248 Å². The summed E-state index contributed by atoms with van der Waals surface area (Å²) in [6.45, 7) is 3.35. The number of carbonyl (C=O) groups is 3. The summed E-state index contributed by atoms with van der Waals surface area (Å²) in [7, 11) is -4.27. The summed E-state index contributed by atoms with van der Waals surface area (Å²) in [5.74, 6) is -0.725. The van der Waals surface area contributed by atoms with Gasteiger partial charge in [0, 0.05) is 17.6 Å². The first-order valence-electron chi connectivity index (χ1n) is 11.7. The van der Waals surface area contributed by atoms with E-state index in [0.717, 1.165) is 16.7 Å². The van der Waals surface area contributed by atoms with Gasteiger partial charge < -0.3 is 14.2 Å². The molecule has 208 valence electrons. The van der Waals surface area contributed by atoms with E-state index in [4.69, 9.17) is 20.5 Å². The maximum absolute atomic E-state index is 13.0. The van der Waals surface area contributed by atoms with E-state index in [9.17, 15) is 22.8 Å². The van der Waals surface area contributed by atoms with Gasteiger partial charge in [0.15, 0.2) is 11.5 Å². The van der Waals surface area contributed by atoms with Gasteiger partial charge in [0.05, 0.1) is 22.5 Å². The summed E-state index contributed by atoms with van der Waals surface area (Å²) in [5.41, 5.74) is 1.63. The highest BCUT2D eigenvalue weighted by molar-refractivity contribution is 9.10. The quantitative estimate of drug-likeness (QED) is 0.204. The number of thioether (sulfide) groups is 1. The van der Waals surface area contributed by atoms with Crippen LogP contribution in [0, 0.1) is 0 Å². The van der Waals surface area contributed by atoms with Crippen LogP contribution in [0.3, 0.4) is 0 Å². The van der Waals surface area contributed by atoms with Gasteiger partial charge in [-0.05, 0) is 100 Å². The molecule has 1 saturated heterocycles. The van der Waals surface area contributed by atoms with Crippen molar-refractivity contribution in [2.24, 2.45) is 0 Å². The SMILES string of the molecule is CCOc1cc(/C=C2\SC(=O)N(Cc3cccc(Cl)c3)C2=O)cc(Br)c1OS(=O)(=O)c1ccc(NC(C)=O)cc1. The second kappa shape index (κ2) is 12.5. The van der Waals surface area contributed by atoms with Gasteiger partial charge in [0.2, 0.25) is 5.91 Å². The average Bonchev–Trinajstić information content (AvgIpc) is 3.13. The molecule has 1 aliphatic heterocycles. The van der Waals surface area contributed by atoms with Gasteiger partial charge in [-0.1, -0.05) is 23.7 Å². The van der Waals surface area contributed by atoms with Crippen molar-refractivity contribution in [2.75, 3.05) is 11.9 Å². The number of anilines is 1. The number of benzene rings is 3. The van der Waals surface area contributed by atoms with Crippen LogP contribution in [0.5, 0.6) is 11.5 Å². The number of amides is 3. The largest absolute Gasteiger partial charge is 0.490 e. The Morgan fingerprint density at radius 1 is 1.12 bits per heavy atom. The monoisotopic (exact) mass is 664 g/mol. The average molecular weight is 666 g/mol. The second-order valence-corrected chi connectivity index (χ2v) is 12.2. The molecule has 0 saturated carbocycles. The van der Waals surface area contributed by atoms with Crippen molar-refractivity contribution in [3.05, 3.63) is 86.2 Å². The van der Waals surface area contributed by atoms with Crippen LogP contribution in [0.25, 0.3) is 6.08 Å². The molecule has 3 amide bonds. The molecule has 0 atom stereocenters. The Hall–Kier alpha value is -3.32. The number of imide groups is 1. The van der Waals surface area contributed by atoms with Gasteiger partial charge >= 0.3 is 10.1 Å². The maximum Gasteiger partial charge on any atom is 0.339 e. The highest BCUT2D eigenvalue weighted by Gasteiger charge is 2.35. The number of hydrogen-bond donors (Lipinski definition) is 1. The molecule has 1 aliphatic rings. The lowest BCUT2D eigenvalue weighted by molar-refractivity contribution is -0.123. The predicted octanol–water partition coefficient (Wildman–Crippen LogP) is 6.46. The fourth-order valence-electron chi connectivity index (χ4n) is 3.69. The summed E-state index contributed by atoms with van der Waals surface area (Å²) < 4.78 is 37.3. The highest BCUT2D eigenvalue weighted by atomic mass is 79.9. The van der Waals surface area contributed by atoms with Crippen LogP contribution in [0.4, 0.5) is 10.5 Å². The number of nitrogens with one attached hydrogen (secondary N) is 1. The van der Waals surface area contributed by atoms with Crippen LogP contribution in [-0.2, 0) is 26.3 Å². The molecule has 0 aromatic heterocycles. The van der Waals surface area contributed by atoms with Gasteiger partial charge in [-0.3, -0.25) is 19.3 Å². The number of halogens is 2. The molecule has 9 nitrogen and oxygen atoms in total. The summed E-state index contributed by atoms with van der Waals surface area (Å²) >= 11 is 10.2. The molecule has 0 aliphatic carbocycles. The number of hydrogen-bond acceptors (Lipinski definition) is 8. The van der Waals surface area contributed by atoms with E-state index in [1.54, 1.807) is 37.3 Å². The Morgan fingerprint density at radius 3 is 2.50 bits per heavy atom. The first-order chi connectivity index (χ1) is 19.0. The number of nitrogens with zero attached hydrogens (tertiary/aromatic N) is 1. The van der Waals surface area contributed by atoms with Crippen molar-refractivity contribution in [3.63, 3.8) is 0 Å². The van der Waals surface area contributed by atoms with Crippen LogP contribution in [-0.4, -0.2) is 37.0 Å². The van der Waals surface area contributed by atoms with E-state index >= 15 is 0 Å². The molecule has 1 heterocycles. The topological polar surface area (TPSA) is 119 Å². The number of carbonyl (C=O) groups excluding carboxylic acids is 3. The van der Waals surface area contributed by atoms with Crippen molar-refractivity contribution in [3.8, 4) is 11.5 Å². The normalized spacial score (nSPS) is 14.5. The smallest absolute Gasteiger partial charge is 0.339 e. The predicted molar refractivity (Wildman–Crippen MR) is 157 cm³/mol. The molecule has 1 N–H and O–H groups in total.